The molecule has 1 unspecified atom stereocenters. The number of aromatic nitrogens is 1. The highest BCUT2D eigenvalue weighted by atomic mass is 16.2. The van der Waals surface area contributed by atoms with Crippen molar-refractivity contribution in [2.24, 2.45) is 5.73 Å². The number of rotatable bonds is 6. The monoisotopic (exact) mass is 263 g/mol. The summed E-state index contributed by atoms with van der Waals surface area (Å²) >= 11 is 0. The first-order valence-corrected chi connectivity index (χ1v) is 7.35. The van der Waals surface area contributed by atoms with Crippen molar-refractivity contribution < 1.29 is 5.11 Å². The molecule has 0 aliphatic carbocycles. The first kappa shape index (κ1) is 14.3. The van der Waals surface area contributed by atoms with Crippen molar-refractivity contribution in [3.8, 4) is 0 Å². The first-order chi connectivity index (χ1) is 9.26. The highest BCUT2D eigenvalue weighted by Gasteiger charge is 2.24. The van der Waals surface area contributed by atoms with Crippen LogP contribution in [0.5, 0.6) is 0 Å². The van der Waals surface area contributed by atoms with Gasteiger partial charge in [-0.15, -0.1) is 0 Å². The van der Waals surface area contributed by atoms with Gasteiger partial charge >= 0.3 is 0 Å². The van der Waals surface area contributed by atoms with Gasteiger partial charge in [0.05, 0.1) is 17.6 Å². The molecule has 0 spiro atoms. The Kier molecular flexibility index (Phi) is 5.16. The van der Waals surface area contributed by atoms with Gasteiger partial charge in [0, 0.05) is 25.2 Å². The summed E-state index contributed by atoms with van der Waals surface area (Å²) in [4.78, 5) is 6.91. The van der Waals surface area contributed by atoms with Crippen LogP contribution >= 0.6 is 0 Å². The van der Waals surface area contributed by atoms with Gasteiger partial charge in [-0.2, -0.15) is 0 Å². The predicted molar refractivity (Wildman–Crippen MR) is 78.1 cm³/mol. The van der Waals surface area contributed by atoms with E-state index in [1.165, 1.54) is 18.5 Å². The number of nitrogens with two attached hydrogens (primary N) is 1. The summed E-state index contributed by atoms with van der Waals surface area (Å²) < 4.78 is 0. The Hall–Kier alpha value is -1.13. The molecule has 2 rings (SSSR count). The Balaban J connectivity index is 2.04. The van der Waals surface area contributed by atoms with Crippen molar-refractivity contribution >= 4 is 5.69 Å². The fourth-order valence-corrected chi connectivity index (χ4v) is 2.80. The van der Waals surface area contributed by atoms with Gasteiger partial charge in [0.1, 0.15) is 0 Å². The van der Waals surface area contributed by atoms with E-state index in [0.717, 1.165) is 31.5 Å². The van der Waals surface area contributed by atoms with Gasteiger partial charge < -0.3 is 15.7 Å². The van der Waals surface area contributed by atoms with Gasteiger partial charge in [0.15, 0.2) is 0 Å². The molecule has 3 N–H and O–H groups in total. The van der Waals surface area contributed by atoms with Crippen LogP contribution in [0.4, 0.5) is 5.69 Å². The number of anilines is 1. The van der Waals surface area contributed by atoms with Gasteiger partial charge in [-0.1, -0.05) is 6.92 Å². The lowest BCUT2D eigenvalue weighted by atomic mass is 10.1. The van der Waals surface area contributed by atoms with Crippen LogP contribution in [-0.2, 0) is 0 Å². The summed E-state index contributed by atoms with van der Waals surface area (Å²) in [5, 5.41) is 8.96. The lowest BCUT2D eigenvalue weighted by Crippen LogP contribution is -2.29. The summed E-state index contributed by atoms with van der Waals surface area (Å²) in [6.07, 6.45) is 7.25. The third kappa shape index (κ3) is 3.45. The van der Waals surface area contributed by atoms with Crippen LogP contribution in [0.2, 0.25) is 0 Å². The number of hydrogen-bond donors (Lipinski definition) is 2. The molecule has 0 amide bonds. The topological polar surface area (TPSA) is 62.4 Å². The van der Waals surface area contributed by atoms with Crippen molar-refractivity contribution in [2.75, 3.05) is 18.1 Å². The highest BCUT2D eigenvalue weighted by molar-refractivity contribution is 5.47. The molecule has 0 aromatic carbocycles. The van der Waals surface area contributed by atoms with Crippen LogP contribution in [0.15, 0.2) is 18.3 Å². The van der Waals surface area contributed by atoms with Crippen LogP contribution in [0, 0.1) is 0 Å². The van der Waals surface area contributed by atoms with Crippen molar-refractivity contribution in [2.45, 2.75) is 51.1 Å². The minimum Gasteiger partial charge on any atom is -0.396 e. The van der Waals surface area contributed by atoms with Crippen molar-refractivity contribution in [3.05, 3.63) is 24.0 Å². The van der Waals surface area contributed by atoms with Gasteiger partial charge in [-0.25, -0.2) is 0 Å². The van der Waals surface area contributed by atoms with E-state index >= 15 is 0 Å². The van der Waals surface area contributed by atoms with Gasteiger partial charge in [-0.05, 0) is 44.2 Å². The molecule has 1 aromatic heterocycles. The molecule has 4 heteroatoms. The summed E-state index contributed by atoms with van der Waals surface area (Å²) in [5.74, 6) is 0. The van der Waals surface area contributed by atoms with Crippen molar-refractivity contribution in [1.29, 1.82) is 0 Å². The molecule has 2 heterocycles. The van der Waals surface area contributed by atoms with Crippen molar-refractivity contribution in [1.82, 2.24) is 4.98 Å². The van der Waals surface area contributed by atoms with E-state index in [1.54, 1.807) is 0 Å². The molecular weight excluding hydrogens is 238 g/mol. The second-order valence-corrected chi connectivity index (χ2v) is 5.31. The zero-order valence-electron chi connectivity index (χ0n) is 11.8. The first-order valence-electron chi connectivity index (χ1n) is 7.35. The Morgan fingerprint density at radius 2 is 2.37 bits per heavy atom. The molecule has 0 bridgehead atoms. The summed E-state index contributed by atoms with van der Waals surface area (Å²) in [6.45, 7) is 3.45. The van der Waals surface area contributed by atoms with Crippen LogP contribution in [-0.4, -0.2) is 29.3 Å². The minimum atomic E-state index is 0.0396. The molecule has 4 nitrogen and oxygen atoms in total. The van der Waals surface area contributed by atoms with Crippen LogP contribution in [0.3, 0.4) is 0 Å². The normalized spacial score (nSPS) is 20.8. The van der Waals surface area contributed by atoms with Gasteiger partial charge in [0.2, 0.25) is 0 Å². The van der Waals surface area contributed by atoms with E-state index in [4.69, 9.17) is 10.8 Å². The lowest BCUT2D eigenvalue weighted by molar-refractivity contribution is 0.279. The van der Waals surface area contributed by atoms with Gasteiger partial charge in [0.25, 0.3) is 0 Å². The summed E-state index contributed by atoms with van der Waals surface area (Å²) in [5.41, 5.74) is 8.14. The highest BCUT2D eigenvalue weighted by Crippen LogP contribution is 2.28. The molecule has 1 aliphatic heterocycles. The molecule has 1 fully saturated rings. The SMILES string of the molecule is CC[C@H](N)c1ccc(N2CCCC2CCCO)cn1. The predicted octanol–water partition coefficient (Wildman–Crippen LogP) is 2.23. The van der Waals surface area contributed by atoms with E-state index in [2.05, 4.69) is 22.9 Å². The zero-order chi connectivity index (χ0) is 13.7. The number of nitrogens with zero attached hydrogens (tertiary/aromatic N) is 2. The largest absolute Gasteiger partial charge is 0.396 e. The summed E-state index contributed by atoms with van der Waals surface area (Å²) in [7, 11) is 0. The molecule has 19 heavy (non-hydrogen) atoms. The third-order valence-corrected chi connectivity index (χ3v) is 3.99. The summed E-state index contributed by atoms with van der Waals surface area (Å²) in [6, 6.07) is 4.78. The molecule has 1 aromatic rings. The van der Waals surface area contributed by atoms with Crippen LogP contribution in [0.1, 0.15) is 50.8 Å². The van der Waals surface area contributed by atoms with E-state index < -0.39 is 0 Å². The maximum absolute atomic E-state index is 8.96. The van der Waals surface area contributed by atoms with E-state index in [0.29, 0.717) is 6.04 Å². The fraction of sp³-hybridized carbons (Fsp3) is 0.667. The molecule has 0 radical (unpaired) electrons. The number of aliphatic hydroxyl groups excluding tert-OH is 1. The van der Waals surface area contributed by atoms with Crippen LogP contribution < -0.4 is 10.6 Å². The third-order valence-electron chi connectivity index (χ3n) is 3.99. The standard InChI is InChI=1S/C15H25N3O/c1-2-14(16)15-8-7-13(11-17-15)18-9-3-5-12(18)6-4-10-19/h7-8,11-12,14,19H,2-6,9-10,16H2,1H3/t12?,14-/m0/s1. The Morgan fingerprint density at radius 1 is 1.53 bits per heavy atom. The van der Waals surface area contributed by atoms with E-state index in [9.17, 15) is 0 Å². The number of pyridine rings is 1. The maximum Gasteiger partial charge on any atom is 0.0572 e. The average molecular weight is 263 g/mol. The number of aliphatic hydroxyl groups is 1. The number of hydrogen-bond acceptors (Lipinski definition) is 4. The lowest BCUT2D eigenvalue weighted by Gasteiger charge is -2.26. The molecule has 2 atom stereocenters. The molecular formula is C15H25N3O. The van der Waals surface area contributed by atoms with E-state index in [-0.39, 0.29) is 12.6 Å². The smallest absolute Gasteiger partial charge is 0.0572 e. The van der Waals surface area contributed by atoms with Crippen LogP contribution in [0.25, 0.3) is 0 Å². The molecule has 106 valence electrons. The zero-order valence-corrected chi connectivity index (χ0v) is 11.8. The quantitative estimate of drug-likeness (QED) is 0.826. The second kappa shape index (κ2) is 6.87. The Bertz CT molecular complexity index is 379. The molecule has 1 aliphatic rings. The average Bonchev–Trinajstić information content (AvgIpc) is 2.92. The van der Waals surface area contributed by atoms with Crippen molar-refractivity contribution in [3.63, 3.8) is 0 Å². The fourth-order valence-electron chi connectivity index (χ4n) is 2.80. The Morgan fingerprint density at radius 3 is 3.00 bits per heavy atom. The molecule has 0 saturated carbocycles. The molecule has 1 saturated heterocycles. The van der Waals surface area contributed by atoms with E-state index in [1.807, 2.05) is 12.3 Å². The second-order valence-electron chi connectivity index (χ2n) is 5.31. The minimum absolute atomic E-state index is 0.0396. The Labute approximate surface area is 115 Å². The maximum atomic E-state index is 8.96. The van der Waals surface area contributed by atoms with Gasteiger partial charge in [-0.3, -0.25) is 4.98 Å².